The van der Waals surface area contributed by atoms with Crippen LogP contribution in [0.1, 0.15) is 91.9 Å². The molecule has 0 radical (unpaired) electrons. The molecule has 0 aliphatic rings. The van der Waals surface area contributed by atoms with Gasteiger partial charge in [-0.2, -0.15) is 0 Å². The highest BCUT2D eigenvalue weighted by molar-refractivity contribution is 8.51. The Morgan fingerprint density at radius 3 is 2.25 bits per heavy atom. The summed E-state index contributed by atoms with van der Waals surface area (Å²) in [7, 11) is -2.98. The van der Waals surface area contributed by atoms with Crippen LogP contribution < -0.4 is 0 Å². The predicted molar refractivity (Wildman–Crippen MR) is 112 cm³/mol. The molecule has 0 saturated carbocycles. The second-order valence-electron chi connectivity index (χ2n) is 7.08. The molecule has 0 aliphatic heterocycles. The van der Waals surface area contributed by atoms with Crippen LogP contribution in [-0.2, 0) is 28.7 Å². The molecule has 0 bridgehead atoms. The minimum atomic E-state index is -2.98. The normalized spacial score (nSPS) is 16.9. The summed E-state index contributed by atoms with van der Waals surface area (Å²) in [4.78, 5) is 35.4. The summed E-state index contributed by atoms with van der Waals surface area (Å²) in [6.45, 7) is 8.59. The molecule has 0 aromatic rings. The van der Waals surface area contributed by atoms with E-state index >= 15 is 0 Å². The van der Waals surface area contributed by atoms with E-state index in [0.717, 1.165) is 51.4 Å². The van der Waals surface area contributed by atoms with E-state index in [0.29, 0.717) is 18.6 Å². The second kappa shape index (κ2) is 17.4. The van der Waals surface area contributed by atoms with E-state index in [4.69, 9.17) is 19.4 Å². The first-order chi connectivity index (χ1) is 13.6. The molecule has 0 aliphatic carbocycles. The fourth-order valence-electron chi connectivity index (χ4n) is 3.02. The molecule has 0 spiro atoms. The minimum Gasteiger partial charge on any atom is -0.290 e. The van der Waals surface area contributed by atoms with Gasteiger partial charge in [-0.05, 0) is 18.8 Å². The van der Waals surface area contributed by atoms with Crippen molar-refractivity contribution in [2.24, 2.45) is 5.92 Å². The van der Waals surface area contributed by atoms with E-state index in [1.54, 1.807) is 0 Å². The van der Waals surface area contributed by atoms with Crippen LogP contribution in [0.2, 0.25) is 0 Å². The molecule has 0 heterocycles. The van der Waals surface area contributed by atoms with Gasteiger partial charge in [-0.1, -0.05) is 77.7 Å². The molecule has 28 heavy (non-hydrogen) atoms. The Bertz CT molecular complexity index is 408. The van der Waals surface area contributed by atoms with Crippen LogP contribution in [0.4, 0.5) is 0 Å². The number of carbonyl (C=O) groups excluding carboxylic acids is 2. The first kappa shape index (κ1) is 27.5. The summed E-state index contributed by atoms with van der Waals surface area (Å²) in [5, 5.41) is 11.9. The number of hydrogen-bond acceptors (Lipinski definition) is 7. The lowest BCUT2D eigenvalue weighted by atomic mass is 9.97. The molecule has 0 aromatic heterocycles. The lowest BCUT2D eigenvalue weighted by molar-refractivity contribution is -0.434. The van der Waals surface area contributed by atoms with Crippen molar-refractivity contribution < 1.29 is 34.0 Å². The summed E-state index contributed by atoms with van der Waals surface area (Å²) >= 11 is 0. The maximum absolute atomic E-state index is 13.0. The Kier molecular flexibility index (Phi) is 17.0. The quantitative estimate of drug-likeness (QED) is 0.122. The fourth-order valence-corrected chi connectivity index (χ4v) is 5.23. The molecule has 3 unspecified atom stereocenters. The van der Waals surface area contributed by atoms with Crippen LogP contribution in [0.3, 0.4) is 0 Å². The Labute approximate surface area is 171 Å². The number of hydrogen-bond donors (Lipinski definition) is 1. The van der Waals surface area contributed by atoms with Crippen LogP contribution in [0.25, 0.3) is 0 Å². The topological polar surface area (TPSA) is 91.3 Å². The Morgan fingerprint density at radius 2 is 1.71 bits per heavy atom. The lowest BCUT2D eigenvalue weighted by Crippen LogP contribution is -2.32. The van der Waals surface area contributed by atoms with Gasteiger partial charge >= 0.3 is 0 Å². The Balaban J connectivity index is 4.94. The van der Waals surface area contributed by atoms with E-state index in [9.17, 15) is 9.59 Å². The molecule has 168 valence electrons. The zero-order valence-corrected chi connectivity index (χ0v) is 18.8. The van der Waals surface area contributed by atoms with Crippen molar-refractivity contribution in [2.45, 2.75) is 97.2 Å². The summed E-state index contributed by atoms with van der Waals surface area (Å²) in [6.07, 6.45) is 8.75. The van der Waals surface area contributed by atoms with Crippen LogP contribution >= 0.6 is 10.3 Å². The van der Waals surface area contributed by atoms with Crippen molar-refractivity contribution in [1.82, 2.24) is 0 Å². The molecular formula is C20H40O7S. The SMILES string of the molecule is CCCCCCOOCC(CC)S(C=O)(OOO)C(=O)CC(CC)CCCC. The van der Waals surface area contributed by atoms with Gasteiger partial charge in [0.05, 0.1) is 18.5 Å². The maximum Gasteiger partial charge on any atom is 0.203 e. The largest absolute Gasteiger partial charge is 0.290 e. The Hall–Kier alpha value is -0.510. The van der Waals surface area contributed by atoms with Crippen molar-refractivity contribution >= 4 is 21.0 Å². The molecule has 1 N–H and O–H groups in total. The van der Waals surface area contributed by atoms with Crippen LogP contribution in [-0.4, -0.2) is 34.5 Å². The molecule has 0 rings (SSSR count). The average molecular weight is 425 g/mol. The van der Waals surface area contributed by atoms with Gasteiger partial charge in [-0.15, -0.1) is 4.33 Å². The van der Waals surface area contributed by atoms with Gasteiger partial charge in [0.1, 0.15) is 0 Å². The van der Waals surface area contributed by atoms with Gasteiger partial charge in [0, 0.05) is 16.7 Å². The maximum atomic E-state index is 13.0. The van der Waals surface area contributed by atoms with E-state index in [2.05, 4.69) is 18.9 Å². The third-order valence-corrected chi connectivity index (χ3v) is 7.92. The van der Waals surface area contributed by atoms with Crippen LogP contribution in [0.15, 0.2) is 0 Å². The third kappa shape index (κ3) is 9.80. The molecule has 8 heteroatoms. The minimum absolute atomic E-state index is 0.0270. The standard InChI is InChI=1S/C20H40O7S/c1-5-9-11-12-14-24-25-16-19(8-4)28(17-21,27-26-23)20(22)15-18(7-3)13-10-6-2/h17-19,23H,5-16H2,1-4H3. The Morgan fingerprint density at radius 1 is 1.00 bits per heavy atom. The van der Waals surface area contributed by atoms with Crippen molar-refractivity contribution in [3.05, 3.63) is 0 Å². The van der Waals surface area contributed by atoms with Crippen molar-refractivity contribution in [3.8, 4) is 0 Å². The van der Waals surface area contributed by atoms with Crippen molar-refractivity contribution in [2.75, 3.05) is 13.2 Å². The van der Waals surface area contributed by atoms with Crippen LogP contribution in [0, 0.1) is 5.92 Å². The van der Waals surface area contributed by atoms with Gasteiger partial charge in [-0.3, -0.25) is 9.59 Å². The molecule has 7 nitrogen and oxygen atoms in total. The van der Waals surface area contributed by atoms with Gasteiger partial charge in [0.15, 0.2) is 5.62 Å². The summed E-state index contributed by atoms with van der Waals surface area (Å²) in [5.74, 6) is 0.176. The van der Waals surface area contributed by atoms with Crippen molar-refractivity contribution in [3.63, 3.8) is 0 Å². The summed E-state index contributed by atoms with van der Waals surface area (Å²) in [5.41, 5.74) is 0.497. The smallest absolute Gasteiger partial charge is 0.203 e. The number of carbonyl (C=O) groups is 2. The van der Waals surface area contributed by atoms with Crippen molar-refractivity contribution in [1.29, 1.82) is 0 Å². The zero-order valence-electron chi connectivity index (χ0n) is 18.0. The van der Waals surface area contributed by atoms with E-state index < -0.39 is 15.6 Å². The summed E-state index contributed by atoms with van der Waals surface area (Å²) < 4.78 is 4.94. The van der Waals surface area contributed by atoms with Crippen LogP contribution in [0.5, 0.6) is 0 Å². The molecule has 0 saturated heterocycles. The van der Waals surface area contributed by atoms with Gasteiger partial charge in [-0.25, -0.2) is 15.0 Å². The molecule has 0 aromatic carbocycles. The summed E-state index contributed by atoms with van der Waals surface area (Å²) in [6, 6.07) is 0. The average Bonchev–Trinajstić information content (AvgIpc) is 2.71. The highest BCUT2D eigenvalue weighted by Gasteiger charge is 2.43. The number of unbranched alkanes of at least 4 members (excludes halogenated alkanes) is 4. The molecular weight excluding hydrogens is 384 g/mol. The molecule has 3 atom stereocenters. The van der Waals surface area contributed by atoms with Gasteiger partial charge in [0.2, 0.25) is 5.12 Å². The van der Waals surface area contributed by atoms with E-state index in [-0.39, 0.29) is 24.1 Å². The first-order valence-electron chi connectivity index (χ1n) is 10.6. The third-order valence-electron chi connectivity index (χ3n) is 5.01. The fraction of sp³-hybridized carbons (Fsp3) is 0.900. The monoisotopic (exact) mass is 424 g/mol. The van der Waals surface area contributed by atoms with E-state index in [1.807, 2.05) is 13.8 Å². The molecule has 0 amide bonds. The second-order valence-corrected chi connectivity index (χ2v) is 9.82. The highest BCUT2D eigenvalue weighted by Crippen LogP contribution is 2.54. The number of rotatable bonds is 19. The van der Waals surface area contributed by atoms with Gasteiger partial charge in [0.25, 0.3) is 0 Å². The van der Waals surface area contributed by atoms with Gasteiger partial charge < -0.3 is 0 Å². The van der Waals surface area contributed by atoms with E-state index in [1.165, 1.54) is 0 Å². The zero-order chi connectivity index (χ0) is 21.3. The lowest BCUT2D eigenvalue weighted by Gasteiger charge is -2.36. The molecule has 0 fully saturated rings. The predicted octanol–water partition coefficient (Wildman–Crippen LogP) is 5.76. The first-order valence-corrected chi connectivity index (χ1v) is 12.3. The highest BCUT2D eigenvalue weighted by atomic mass is 32.3.